The number of hydrogen-bond acceptors (Lipinski definition) is 1. The van der Waals surface area contributed by atoms with Gasteiger partial charge in [0.2, 0.25) is 0 Å². The molecular weight excluding hydrogens is 410 g/mol. The third kappa shape index (κ3) is 19.7. The minimum absolute atomic E-state index is 0.899. The summed E-state index contributed by atoms with van der Waals surface area (Å²) in [5.41, 5.74) is 0. The molecule has 0 aliphatic carbocycles. The highest BCUT2D eigenvalue weighted by molar-refractivity contribution is 4.92. The summed E-state index contributed by atoms with van der Waals surface area (Å²) >= 11 is 0. The van der Waals surface area contributed by atoms with E-state index in [1.165, 1.54) is 161 Å². The SMILES string of the molecule is CCCCC/C=C\CC=CCCCCCCCCCC(CCCCCCCCC)N1CCCC1. The molecule has 1 aliphatic heterocycles. The van der Waals surface area contributed by atoms with Crippen LogP contribution in [0.1, 0.15) is 168 Å². The minimum atomic E-state index is 0.899. The third-order valence-electron chi connectivity index (χ3n) is 7.79. The molecule has 0 aromatic heterocycles. The van der Waals surface area contributed by atoms with Gasteiger partial charge in [0.05, 0.1) is 0 Å². The second-order valence-electron chi connectivity index (χ2n) is 11.0. The number of allylic oxidation sites excluding steroid dienone is 4. The predicted molar refractivity (Wildman–Crippen MR) is 156 cm³/mol. The van der Waals surface area contributed by atoms with Gasteiger partial charge in [-0.1, -0.05) is 134 Å². The quantitative estimate of drug-likeness (QED) is 0.0941. The van der Waals surface area contributed by atoms with Gasteiger partial charge in [0, 0.05) is 6.04 Å². The summed E-state index contributed by atoms with van der Waals surface area (Å²) in [5, 5.41) is 0. The Balaban J connectivity index is 1.95. The largest absolute Gasteiger partial charge is 0.300 e. The molecule has 1 rings (SSSR count). The van der Waals surface area contributed by atoms with Gasteiger partial charge in [-0.15, -0.1) is 0 Å². The molecule has 1 nitrogen and oxygen atoms in total. The van der Waals surface area contributed by atoms with Crippen LogP contribution in [0.4, 0.5) is 0 Å². The highest BCUT2D eigenvalue weighted by Crippen LogP contribution is 2.22. The van der Waals surface area contributed by atoms with Crippen LogP contribution in [0, 0.1) is 0 Å². The number of unbranched alkanes of at least 4 members (excludes halogenated alkanes) is 16. The van der Waals surface area contributed by atoms with E-state index in [1.807, 2.05) is 0 Å². The van der Waals surface area contributed by atoms with E-state index in [0.717, 1.165) is 12.5 Å². The van der Waals surface area contributed by atoms with Crippen molar-refractivity contribution in [3.8, 4) is 0 Å². The van der Waals surface area contributed by atoms with Crippen LogP contribution in [-0.2, 0) is 0 Å². The first-order valence-electron chi connectivity index (χ1n) is 15.9. The van der Waals surface area contributed by atoms with Gasteiger partial charge in [0.25, 0.3) is 0 Å². The van der Waals surface area contributed by atoms with Crippen molar-refractivity contribution in [2.75, 3.05) is 13.1 Å². The zero-order chi connectivity index (χ0) is 24.4. The molecule has 200 valence electrons. The molecule has 1 atom stereocenters. The number of likely N-dealkylation sites (tertiary alicyclic amines) is 1. The second kappa shape index (κ2) is 25.5. The van der Waals surface area contributed by atoms with Crippen LogP contribution in [-0.4, -0.2) is 24.0 Å². The molecule has 34 heavy (non-hydrogen) atoms. The lowest BCUT2D eigenvalue weighted by Gasteiger charge is -2.27. The Hall–Kier alpha value is -0.560. The van der Waals surface area contributed by atoms with E-state index in [2.05, 4.69) is 43.1 Å². The molecule has 0 amide bonds. The van der Waals surface area contributed by atoms with Crippen LogP contribution < -0.4 is 0 Å². The van der Waals surface area contributed by atoms with Crippen molar-refractivity contribution >= 4 is 0 Å². The fourth-order valence-electron chi connectivity index (χ4n) is 5.50. The number of nitrogens with zero attached hydrogens (tertiary/aromatic N) is 1. The van der Waals surface area contributed by atoms with E-state index in [1.54, 1.807) is 0 Å². The highest BCUT2D eigenvalue weighted by Gasteiger charge is 2.20. The Morgan fingerprint density at radius 3 is 1.44 bits per heavy atom. The van der Waals surface area contributed by atoms with E-state index in [-0.39, 0.29) is 0 Å². The van der Waals surface area contributed by atoms with Crippen LogP contribution in [0.3, 0.4) is 0 Å². The average molecular weight is 474 g/mol. The Labute approximate surface area is 216 Å². The lowest BCUT2D eigenvalue weighted by Crippen LogP contribution is -2.32. The molecule has 1 saturated heterocycles. The summed E-state index contributed by atoms with van der Waals surface area (Å²) < 4.78 is 0. The molecule has 0 bridgehead atoms. The highest BCUT2D eigenvalue weighted by atomic mass is 15.2. The van der Waals surface area contributed by atoms with E-state index >= 15 is 0 Å². The molecule has 1 heteroatoms. The van der Waals surface area contributed by atoms with E-state index in [9.17, 15) is 0 Å². The van der Waals surface area contributed by atoms with Gasteiger partial charge in [0.15, 0.2) is 0 Å². The minimum Gasteiger partial charge on any atom is -0.300 e. The van der Waals surface area contributed by atoms with Crippen molar-refractivity contribution in [2.45, 2.75) is 174 Å². The molecule has 1 unspecified atom stereocenters. The van der Waals surface area contributed by atoms with E-state index in [0.29, 0.717) is 0 Å². The van der Waals surface area contributed by atoms with Crippen LogP contribution in [0.5, 0.6) is 0 Å². The standard InChI is InChI=1S/C33H63N/c1-3-5-7-9-11-12-13-14-15-16-17-18-19-20-22-24-26-30-33(34-31-27-28-32-34)29-25-23-21-10-8-6-4-2/h11-12,14-15,33H,3-10,13,16-32H2,1-2H3/b12-11-,15-14?. The molecule has 0 saturated carbocycles. The van der Waals surface area contributed by atoms with E-state index in [4.69, 9.17) is 0 Å². The van der Waals surface area contributed by atoms with Gasteiger partial charge in [-0.3, -0.25) is 0 Å². The lowest BCUT2D eigenvalue weighted by atomic mass is 9.98. The maximum absolute atomic E-state index is 2.84. The van der Waals surface area contributed by atoms with Crippen molar-refractivity contribution in [3.05, 3.63) is 24.3 Å². The summed E-state index contributed by atoms with van der Waals surface area (Å²) in [5.74, 6) is 0. The molecule has 0 radical (unpaired) electrons. The van der Waals surface area contributed by atoms with Crippen LogP contribution in [0.15, 0.2) is 24.3 Å². The Morgan fingerprint density at radius 1 is 0.500 bits per heavy atom. The van der Waals surface area contributed by atoms with Crippen molar-refractivity contribution in [1.82, 2.24) is 4.90 Å². The first-order chi connectivity index (χ1) is 16.9. The zero-order valence-electron chi connectivity index (χ0n) is 23.7. The summed E-state index contributed by atoms with van der Waals surface area (Å²) in [6.07, 6.45) is 43.2. The van der Waals surface area contributed by atoms with Gasteiger partial charge in [0.1, 0.15) is 0 Å². The molecule has 0 spiro atoms. The first-order valence-corrected chi connectivity index (χ1v) is 15.9. The average Bonchev–Trinajstić information content (AvgIpc) is 3.39. The smallest absolute Gasteiger partial charge is 0.00952 e. The van der Waals surface area contributed by atoms with Gasteiger partial charge < -0.3 is 4.90 Å². The summed E-state index contributed by atoms with van der Waals surface area (Å²) in [6.45, 7) is 7.35. The normalized spacial score (nSPS) is 15.8. The summed E-state index contributed by atoms with van der Waals surface area (Å²) in [4.78, 5) is 2.84. The van der Waals surface area contributed by atoms with Crippen molar-refractivity contribution < 1.29 is 0 Å². The Morgan fingerprint density at radius 2 is 0.912 bits per heavy atom. The molecule has 1 aliphatic rings. The molecule has 0 aromatic rings. The van der Waals surface area contributed by atoms with Crippen molar-refractivity contribution in [2.24, 2.45) is 0 Å². The topological polar surface area (TPSA) is 3.24 Å². The van der Waals surface area contributed by atoms with Gasteiger partial charge in [-0.2, -0.15) is 0 Å². The van der Waals surface area contributed by atoms with Gasteiger partial charge >= 0.3 is 0 Å². The van der Waals surface area contributed by atoms with Crippen LogP contribution >= 0.6 is 0 Å². The molecule has 0 aromatic carbocycles. The Bertz CT molecular complexity index is 445. The van der Waals surface area contributed by atoms with Crippen LogP contribution in [0.25, 0.3) is 0 Å². The predicted octanol–water partition coefficient (Wildman–Crippen LogP) is 11.2. The summed E-state index contributed by atoms with van der Waals surface area (Å²) in [6, 6.07) is 0.899. The number of hydrogen-bond donors (Lipinski definition) is 0. The maximum atomic E-state index is 2.84. The number of rotatable bonds is 25. The fourth-order valence-corrected chi connectivity index (χ4v) is 5.50. The van der Waals surface area contributed by atoms with Crippen LogP contribution in [0.2, 0.25) is 0 Å². The van der Waals surface area contributed by atoms with Crippen molar-refractivity contribution in [1.29, 1.82) is 0 Å². The molecule has 1 heterocycles. The van der Waals surface area contributed by atoms with Gasteiger partial charge in [-0.25, -0.2) is 0 Å². The molecule has 0 N–H and O–H groups in total. The zero-order valence-corrected chi connectivity index (χ0v) is 23.7. The van der Waals surface area contributed by atoms with Gasteiger partial charge in [-0.05, 0) is 70.9 Å². The molecular formula is C33H63N. The monoisotopic (exact) mass is 473 g/mol. The Kier molecular flexibility index (Phi) is 23.6. The summed E-state index contributed by atoms with van der Waals surface area (Å²) in [7, 11) is 0. The fraction of sp³-hybridized carbons (Fsp3) is 0.879. The molecule has 1 fully saturated rings. The maximum Gasteiger partial charge on any atom is 0.00952 e. The first kappa shape index (κ1) is 31.5. The third-order valence-corrected chi connectivity index (χ3v) is 7.79. The van der Waals surface area contributed by atoms with E-state index < -0.39 is 0 Å². The van der Waals surface area contributed by atoms with Crippen molar-refractivity contribution in [3.63, 3.8) is 0 Å². The lowest BCUT2D eigenvalue weighted by molar-refractivity contribution is 0.209. The second-order valence-corrected chi connectivity index (χ2v) is 11.0.